The molecule has 0 aromatic heterocycles. The second-order valence-corrected chi connectivity index (χ2v) is 5.42. The van der Waals surface area contributed by atoms with E-state index in [1.807, 2.05) is 0 Å². The summed E-state index contributed by atoms with van der Waals surface area (Å²) in [6.45, 7) is 6.73. The van der Waals surface area contributed by atoms with Gasteiger partial charge in [-0.25, -0.2) is 0 Å². The fourth-order valence-corrected chi connectivity index (χ4v) is 2.59. The second-order valence-electron chi connectivity index (χ2n) is 5.42. The van der Waals surface area contributed by atoms with Gasteiger partial charge in [0.25, 0.3) is 0 Å². The lowest BCUT2D eigenvalue weighted by Gasteiger charge is -2.25. The minimum atomic E-state index is 0.167. The predicted molar refractivity (Wildman–Crippen MR) is 73.3 cm³/mol. The quantitative estimate of drug-likeness (QED) is 0.628. The Hall–Kier alpha value is -1.03. The van der Waals surface area contributed by atoms with Gasteiger partial charge in [-0.15, -0.1) is 0 Å². The summed E-state index contributed by atoms with van der Waals surface area (Å²) in [6.07, 6.45) is 13.6. The molecule has 0 spiro atoms. The lowest BCUT2D eigenvalue weighted by Crippen LogP contribution is -2.15. The monoisotopic (exact) mass is 231 g/mol. The number of allylic oxidation sites excluding steroid dienone is 4. The maximum absolute atomic E-state index is 8.84. The van der Waals surface area contributed by atoms with Gasteiger partial charge in [0.2, 0.25) is 0 Å². The van der Waals surface area contributed by atoms with E-state index < -0.39 is 0 Å². The summed E-state index contributed by atoms with van der Waals surface area (Å²) in [7, 11) is 0. The van der Waals surface area contributed by atoms with Crippen molar-refractivity contribution in [1.29, 1.82) is 5.26 Å². The van der Waals surface area contributed by atoms with Gasteiger partial charge in [-0.05, 0) is 50.4 Å². The van der Waals surface area contributed by atoms with Crippen LogP contribution in [0.25, 0.3) is 0 Å². The van der Waals surface area contributed by atoms with Gasteiger partial charge >= 0.3 is 0 Å². The predicted octanol–water partition coefficient (Wildman–Crippen LogP) is 4.72. The Bertz CT molecular complexity index is 308. The van der Waals surface area contributed by atoms with E-state index in [4.69, 9.17) is 5.26 Å². The lowest BCUT2D eigenvalue weighted by atomic mass is 9.79. The molecular formula is C16H25N. The Balaban J connectivity index is 2.34. The van der Waals surface area contributed by atoms with E-state index in [9.17, 15) is 0 Å². The van der Waals surface area contributed by atoms with E-state index in [2.05, 4.69) is 51.1 Å². The van der Waals surface area contributed by atoms with Crippen molar-refractivity contribution >= 4 is 0 Å². The highest BCUT2D eigenvalue weighted by atomic mass is 14.3. The van der Waals surface area contributed by atoms with Crippen LogP contribution in [-0.2, 0) is 0 Å². The van der Waals surface area contributed by atoms with Crippen molar-refractivity contribution in [3.63, 3.8) is 0 Å². The van der Waals surface area contributed by atoms with Crippen molar-refractivity contribution in [2.24, 2.45) is 23.7 Å². The first-order valence-corrected chi connectivity index (χ1v) is 6.88. The molecule has 0 saturated heterocycles. The molecule has 4 unspecified atom stereocenters. The Labute approximate surface area is 106 Å². The lowest BCUT2D eigenvalue weighted by molar-refractivity contribution is 0.335. The van der Waals surface area contributed by atoms with Crippen molar-refractivity contribution < 1.29 is 0 Å². The SMILES string of the molecule is CC=CC(C)CCC(C)C1C=CC(C#N)CC1. The van der Waals surface area contributed by atoms with E-state index in [-0.39, 0.29) is 5.92 Å². The Morgan fingerprint density at radius 3 is 2.59 bits per heavy atom. The van der Waals surface area contributed by atoms with Gasteiger partial charge in [0.1, 0.15) is 0 Å². The molecular weight excluding hydrogens is 206 g/mol. The zero-order valence-electron chi connectivity index (χ0n) is 11.4. The third-order valence-electron chi connectivity index (χ3n) is 3.90. The highest BCUT2D eigenvalue weighted by Crippen LogP contribution is 2.30. The molecule has 0 radical (unpaired) electrons. The summed E-state index contributed by atoms with van der Waals surface area (Å²) < 4.78 is 0. The molecule has 1 aliphatic rings. The van der Waals surface area contributed by atoms with Crippen LogP contribution < -0.4 is 0 Å². The molecule has 1 heteroatoms. The molecule has 1 nitrogen and oxygen atoms in total. The molecule has 0 heterocycles. The van der Waals surface area contributed by atoms with Gasteiger partial charge in [-0.2, -0.15) is 5.26 Å². The summed E-state index contributed by atoms with van der Waals surface area (Å²) in [6, 6.07) is 2.33. The third-order valence-corrected chi connectivity index (χ3v) is 3.90. The molecule has 0 saturated carbocycles. The highest BCUT2D eigenvalue weighted by Gasteiger charge is 2.20. The Morgan fingerprint density at radius 2 is 2.06 bits per heavy atom. The molecule has 1 aliphatic carbocycles. The van der Waals surface area contributed by atoms with E-state index in [1.165, 1.54) is 19.3 Å². The average molecular weight is 231 g/mol. The standard InChI is InChI=1S/C16H25N/c1-4-5-13(2)6-7-14(3)16-10-8-15(12-17)9-11-16/h4-5,8,10,13-16H,6-7,9,11H2,1-3H3. The van der Waals surface area contributed by atoms with Crippen LogP contribution in [0.2, 0.25) is 0 Å². The largest absolute Gasteiger partial charge is 0.198 e. The molecule has 0 bridgehead atoms. The minimum absolute atomic E-state index is 0.167. The number of hydrogen-bond acceptors (Lipinski definition) is 1. The summed E-state index contributed by atoms with van der Waals surface area (Å²) in [5.41, 5.74) is 0. The summed E-state index contributed by atoms with van der Waals surface area (Å²) >= 11 is 0. The number of rotatable bonds is 5. The second kappa shape index (κ2) is 7.33. The van der Waals surface area contributed by atoms with Crippen LogP contribution in [0.15, 0.2) is 24.3 Å². The Morgan fingerprint density at radius 1 is 1.29 bits per heavy atom. The molecule has 0 aromatic carbocycles. The topological polar surface area (TPSA) is 23.8 Å². The van der Waals surface area contributed by atoms with Gasteiger partial charge in [-0.1, -0.05) is 38.2 Å². The van der Waals surface area contributed by atoms with Crippen LogP contribution in [0.5, 0.6) is 0 Å². The molecule has 94 valence electrons. The number of hydrogen-bond donors (Lipinski definition) is 0. The summed E-state index contributed by atoms with van der Waals surface area (Å²) in [4.78, 5) is 0. The molecule has 0 aromatic rings. The van der Waals surface area contributed by atoms with Crippen LogP contribution in [0.3, 0.4) is 0 Å². The first-order valence-electron chi connectivity index (χ1n) is 6.88. The minimum Gasteiger partial charge on any atom is -0.198 e. The van der Waals surface area contributed by atoms with Crippen LogP contribution >= 0.6 is 0 Å². The molecule has 4 atom stereocenters. The van der Waals surface area contributed by atoms with Crippen LogP contribution in [-0.4, -0.2) is 0 Å². The van der Waals surface area contributed by atoms with E-state index in [1.54, 1.807) is 0 Å². The van der Waals surface area contributed by atoms with Crippen LogP contribution in [0, 0.1) is 35.0 Å². The summed E-state index contributed by atoms with van der Waals surface area (Å²) in [5, 5.41) is 8.84. The van der Waals surface area contributed by atoms with Crippen LogP contribution in [0.1, 0.15) is 46.5 Å². The van der Waals surface area contributed by atoms with Crippen molar-refractivity contribution in [3.8, 4) is 6.07 Å². The molecule has 1 rings (SSSR count). The van der Waals surface area contributed by atoms with Gasteiger partial charge in [0.15, 0.2) is 0 Å². The average Bonchev–Trinajstić information content (AvgIpc) is 2.36. The van der Waals surface area contributed by atoms with Gasteiger partial charge in [-0.3, -0.25) is 0 Å². The normalized spacial score (nSPS) is 27.9. The fourth-order valence-electron chi connectivity index (χ4n) is 2.59. The van der Waals surface area contributed by atoms with Crippen molar-refractivity contribution in [3.05, 3.63) is 24.3 Å². The van der Waals surface area contributed by atoms with Crippen molar-refractivity contribution in [2.45, 2.75) is 46.5 Å². The Kier molecular flexibility index (Phi) is 6.05. The first-order chi connectivity index (χ1) is 8.17. The zero-order valence-corrected chi connectivity index (χ0v) is 11.4. The molecule has 0 amide bonds. The molecule has 0 N–H and O–H groups in total. The molecule has 0 fully saturated rings. The molecule has 0 aliphatic heterocycles. The maximum Gasteiger partial charge on any atom is 0.0697 e. The van der Waals surface area contributed by atoms with Gasteiger partial charge < -0.3 is 0 Å². The maximum atomic E-state index is 8.84. The highest BCUT2D eigenvalue weighted by molar-refractivity contribution is 5.06. The van der Waals surface area contributed by atoms with E-state index >= 15 is 0 Å². The fraction of sp³-hybridized carbons (Fsp3) is 0.688. The zero-order chi connectivity index (χ0) is 12.7. The van der Waals surface area contributed by atoms with Gasteiger partial charge in [0, 0.05) is 0 Å². The van der Waals surface area contributed by atoms with Gasteiger partial charge in [0.05, 0.1) is 12.0 Å². The molecule has 17 heavy (non-hydrogen) atoms. The number of nitriles is 1. The van der Waals surface area contributed by atoms with E-state index in [0.717, 1.165) is 12.3 Å². The van der Waals surface area contributed by atoms with Crippen molar-refractivity contribution in [2.75, 3.05) is 0 Å². The van der Waals surface area contributed by atoms with Crippen LogP contribution in [0.4, 0.5) is 0 Å². The smallest absolute Gasteiger partial charge is 0.0697 e. The summed E-state index contributed by atoms with van der Waals surface area (Å²) in [5.74, 6) is 2.30. The van der Waals surface area contributed by atoms with E-state index in [0.29, 0.717) is 11.8 Å². The van der Waals surface area contributed by atoms with Crippen molar-refractivity contribution in [1.82, 2.24) is 0 Å². The first kappa shape index (κ1) is 14.0. The third kappa shape index (κ3) is 4.77. The number of nitrogens with zero attached hydrogens (tertiary/aromatic N) is 1.